The average Bonchev–Trinajstić information content (AvgIpc) is 2.45. The van der Waals surface area contributed by atoms with Crippen molar-refractivity contribution in [1.82, 2.24) is 10.2 Å². The Bertz CT molecular complexity index is 515. The number of amides is 2. The first-order chi connectivity index (χ1) is 10.1. The number of halogens is 1. The second-order valence-electron chi connectivity index (χ2n) is 5.28. The maximum Gasteiger partial charge on any atom is 0.237 e. The van der Waals surface area contributed by atoms with Crippen molar-refractivity contribution in [2.75, 3.05) is 19.6 Å². The molecule has 1 aromatic rings. The minimum absolute atomic E-state index is 0.00248. The van der Waals surface area contributed by atoms with Crippen molar-refractivity contribution >= 4 is 27.7 Å². The van der Waals surface area contributed by atoms with Crippen LogP contribution in [0.25, 0.3) is 0 Å². The van der Waals surface area contributed by atoms with Crippen LogP contribution in [0.3, 0.4) is 0 Å². The molecule has 2 rings (SSSR count). The molecule has 3 N–H and O–H groups in total. The molecule has 0 atom stereocenters. The summed E-state index contributed by atoms with van der Waals surface area (Å²) in [5.41, 5.74) is 6.23. The molecule has 6 heteroatoms. The quantitative estimate of drug-likeness (QED) is 0.830. The Morgan fingerprint density at radius 2 is 2.05 bits per heavy atom. The summed E-state index contributed by atoms with van der Waals surface area (Å²) in [5.74, 6) is -0.505. The van der Waals surface area contributed by atoms with Crippen LogP contribution in [0.4, 0.5) is 0 Å². The minimum Gasteiger partial charge on any atom is -0.368 e. The minimum atomic E-state index is -0.462. The average molecular weight is 354 g/mol. The molecular formula is C15H20BrN3O2. The van der Waals surface area contributed by atoms with Gasteiger partial charge in [0, 0.05) is 10.5 Å². The van der Waals surface area contributed by atoms with E-state index in [0.29, 0.717) is 0 Å². The molecular weight excluding hydrogens is 334 g/mol. The van der Waals surface area contributed by atoms with Crippen LogP contribution < -0.4 is 11.1 Å². The summed E-state index contributed by atoms with van der Waals surface area (Å²) in [7, 11) is 0. The molecule has 0 bridgehead atoms. The lowest BCUT2D eigenvalue weighted by Gasteiger charge is -2.34. The van der Waals surface area contributed by atoms with E-state index in [-0.39, 0.29) is 24.9 Å². The van der Waals surface area contributed by atoms with Gasteiger partial charge in [-0.3, -0.25) is 9.59 Å². The third-order valence-corrected chi connectivity index (χ3v) is 4.13. The number of piperidine rings is 1. The molecule has 0 spiro atoms. The first-order valence-corrected chi connectivity index (χ1v) is 7.88. The van der Waals surface area contributed by atoms with Crippen LogP contribution in [0.5, 0.6) is 0 Å². The van der Waals surface area contributed by atoms with E-state index in [0.717, 1.165) is 36.0 Å². The first kappa shape index (κ1) is 16.0. The van der Waals surface area contributed by atoms with Gasteiger partial charge in [0.1, 0.15) is 0 Å². The number of nitrogens with two attached hydrogens (primary N) is 1. The highest BCUT2D eigenvalue weighted by atomic mass is 79.9. The van der Waals surface area contributed by atoms with Crippen molar-refractivity contribution in [1.29, 1.82) is 0 Å². The topological polar surface area (TPSA) is 75.4 Å². The summed E-state index contributed by atoms with van der Waals surface area (Å²) in [4.78, 5) is 25.5. The fraction of sp³-hybridized carbons (Fsp3) is 0.467. The number of nitrogens with zero attached hydrogens (tertiary/aromatic N) is 1. The maximum atomic E-state index is 12.5. The smallest absolute Gasteiger partial charge is 0.237 e. The molecule has 1 saturated heterocycles. The van der Waals surface area contributed by atoms with Gasteiger partial charge in [-0.2, -0.15) is 0 Å². The number of benzene rings is 1. The van der Waals surface area contributed by atoms with E-state index >= 15 is 0 Å². The number of nitrogens with one attached hydrogen (secondary N) is 1. The van der Waals surface area contributed by atoms with E-state index in [4.69, 9.17) is 5.73 Å². The zero-order chi connectivity index (χ0) is 15.2. The van der Waals surface area contributed by atoms with Gasteiger partial charge in [0.05, 0.1) is 13.0 Å². The monoisotopic (exact) mass is 353 g/mol. The molecule has 0 aliphatic carbocycles. The fourth-order valence-corrected chi connectivity index (χ4v) is 3.08. The molecule has 0 radical (unpaired) electrons. The summed E-state index contributed by atoms with van der Waals surface area (Å²) in [6.45, 7) is 1.73. The van der Waals surface area contributed by atoms with Gasteiger partial charge in [0.15, 0.2) is 0 Å². The standard InChI is InChI=1S/C15H20BrN3O2/c16-12-3-1-2-11(8-12)9-15(21)19(10-14(17)20)13-4-6-18-7-5-13/h1-3,8,13,18H,4-7,9-10H2,(H2,17,20). The summed E-state index contributed by atoms with van der Waals surface area (Å²) in [6, 6.07) is 7.74. The molecule has 5 nitrogen and oxygen atoms in total. The fourth-order valence-electron chi connectivity index (χ4n) is 2.63. The predicted molar refractivity (Wildman–Crippen MR) is 84.6 cm³/mol. The van der Waals surface area contributed by atoms with Gasteiger partial charge in [0.2, 0.25) is 11.8 Å². The van der Waals surface area contributed by atoms with Crippen LogP contribution in [-0.4, -0.2) is 42.4 Å². The first-order valence-electron chi connectivity index (χ1n) is 7.09. The highest BCUT2D eigenvalue weighted by Crippen LogP contribution is 2.16. The molecule has 1 aromatic carbocycles. The van der Waals surface area contributed by atoms with E-state index in [2.05, 4.69) is 21.2 Å². The number of carbonyl (C=O) groups is 2. The maximum absolute atomic E-state index is 12.5. The molecule has 1 heterocycles. The lowest BCUT2D eigenvalue weighted by Crippen LogP contribution is -2.49. The number of hydrogen-bond donors (Lipinski definition) is 2. The summed E-state index contributed by atoms with van der Waals surface area (Å²) >= 11 is 3.40. The third-order valence-electron chi connectivity index (χ3n) is 3.64. The molecule has 114 valence electrons. The zero-order valence-corrected chi connectivity index (χ0v) is 13.4. The number of carbonyl (C=O) groups excluding carboxylic acids is 2. The highest BCUT2D eigenvalue weighted by Gasteiger charge is 2.26. The van der Waals surface area contributed by atoms with Crippen molar-refractivity contribution in [2.45, 2.75) is 25.3 Å². The van der Waals surface area contributed by atoms with Gasteiger partial charge in [-0.05, 0) is 43.6 Å². The molecule has 1 fully saturated rings. The third kappa shape index (κ3) is 4.82. The van der Waals surface area contributed by atoms with Crippen LogP contribution in [0.15, 0.2) is 28.7 Å². The van der Waals surface area contributed by atoms with Crippen molar-refractivity contribution in [2.24, 2.45) is 5.73 Å². The Labute approximate surface area is 133 Å². The van der Waals surface area contributed by atoms with Crippen LogP contribution in [0.1, 0.15) is 18.4 Å². The Morgan fingerprint density at radius 3 is 2.67 bits per heavy atom. The second-order valence-corrected chi connectivity index (χ2v) is 6.19. The van der Waals surface area contributed by atoms with Gasteiger partial charge < -0.3 is 16.0 Å². The molecule has 0 aromatic heterocycles. The van der Waals surface area contributed by atoms with Crippen LogP contribution in [0.2, 0.25) is 0 Å². The Kier molecular flexibility index (Phi) is 5.76. The van der Waals surface area contributed by atoms with E-state index in [1.807, 2.05) is 24.3 Å². The number of primary amides is 1. The second kappa shape index (κ2) is 7.56. The number of rotatable bonds is 5. The van der Waals surface area contributed by atoms with Gasteiger partial charge in [-0.25, -0.2) is 0 Å². The van der Waals surface area contributed by atoms with E-state index in [9.17, 15) is 9.59 Å². The molecule has 21 heavy (non-hydrogen) atoms. The van der Waals surface area contributed by atoms with E-state index in [1.165, 1.54) is 0 Å². The Morgan fingerprint density at radius 1 is 1.33 bits per heavy atom. The van der Waals surface area contributed by atoms with Crippen LogP contribution in [0, 0.1) is 0 Å². The van der Waals surface area contributed by atoms with Crippen molar-refractivity contribution < 1.29 is 9.59 Å². The largest absolute Gasteiger partial charge is 0.368 e. The van der Waals surface area contributed by atoms with Crippen molar-refractivity contribution in [3.8, 4) is 0 Å². The van der Waals surface area contributed by atoms with Crippen LogP contribution >= 0.6 is 15.9 Å². The molecule has 1 aliphatic rings. The molecule has 0 saturated carbocycles. The normalized spacial score (nSPS) is 15.7. The van der Waals surface area contributed by atoms with E-state index in [1.54, 1.807) is 4.90 Å². The van der Waals surface area contributed by atoms with E-state index < -0.39 is 5.91 Å². The summed E-state index contributed by atoms with van der Waals surface area (Å²) in [6.07, 6.45) is 2.01. The zero-order valence-electron chi connectivity index (χ0n) is 11.8. The summed E-state index contributed by atoms with van der Waals surface area (Å²) < 4.78 is 0.941. The molecule has 0 unspecified atom stereocenters. The van der Waals surface area contributed by atoms with Crippen LogP contribution in [-0.2, 0) is 16.0 Å². The van der Waals surface area contributed by atoms with Gasteiger partial charge in [-0.15, -0.1) is 0 Å². The SMILES string of the molecule is NC(=O)CN(C(=O)Cc1cccc(Br)c1)C1CCNCC1. The lowest BCUT2D eigenvalue weighted by molar-refractivity contribution is -0.137. The summed E-state index contributed by atoms with van der Waals surface area (Å²) in [5, 5.41) is 3.26. The predicted octanol–water partition coefficient (Wildman–Crippen LogP) is 1.06. The molecule has 1 aliphatic heterocycles. The highest BCUT2D eigenvalue weighted by molar-refractivity contribution is 9.10. The Hall–Kier alpha value is -1.40. The lowest BCUT2D eigenvalue weighted by atomic mass is 10.0. The molecule has 2 amide bonds. The Balaban J connectivity index is 2.07. The van der Waals surface area contributed by atoms with Crippen molar-refractivity contribution in [3.05, 3.63) is 34.3 Å². The van der Waals surface area contributed by atoms with Gasteiger partial charge in [0.25, 0.3) is 0 Å². The van der Waals surface area contributed by atoms with Crippen molar-refractivity contribution in [3.63, 3.8) is 0 Å². The van der Waals surface area contributed by atoms with Gasteiger partial charge >= 0.3 is 0 Å². The number of hydrogen-bond acceptors (Lipinski definition) is 3. The van der Waals surface area contributed by atoms with Gasteiger partial charge in [-0.1, -0.05) is 28.1 Å².